The van der Waals surface area contributed by atoms with Gasteiger partial charge in [-0.3, -0.25) is 5.32 Å². The summed E-state index contributed by atoms with van der Waals surface area (Å²) in [6.45, 7) is 4.41. The van der Waals surface area contributed by atoms with E-state index in [-0.39, 0.29) is 6.04 Å². The first-order chi connectivity index (χ1) is 10.2. The number of rotatable bonds is 5. The zero-order chi connectivity index (χ0) is 14.7. The second-order valence-corrected chi connectivity index (χ2v) is 5.64. The molecule has 0 bridgehead atoms. The molecule has 1 atom stereocenters. The van der Waals surface area contributed by atoms with E-state index in [4.69, 9.17) is 4.42 Å². The van der Waals surface area contributed by atoms with Crippen LogP contribution in [0.3, 0.4) is 0 Å². The number of benzene rings is 1. The van der Waals surface area contributed by atoms with Crippen LogP contribution in [0.2, 0.25) is 0 Å². The highest BCUT2D eigenvalue weighted by Gasteiger charge is 2.12. The van der Waals surface area contributed by atoms with Crippen LogP contribution >= 0.6 is 11.3 Å². The second kappa shape index (κ2) is 6.15. The number of thiazole rings is 1. The minimum absolute atomic E-state index is 0.139. The Kier molecular flexibility index (Phi) is 4.08. The van der Waals surface area contributed by atoms with Crippen LogP contribution in [0.4, 0.5) is 0 Å². The van der Waals surface area contributed by atoms with Crippen LogP contribution in [-0.2, 0) is 6.54 Å². The van der Waals surface area contributed by atoms with Gasteiger partial charge in [0.2, 0.25) is 11.8 Å². The van der Waals surface area contributed by atoms with E-state index in [0.717, 1.165) is 16.3 Å². The van der Waals surface area contributed by atoms with Crippen LogP contribution in [0.5, 0.6) is 0 Å². The molecule has 0 aliphatic rings. The molecule has 6 heteroatoms. The van der Waals surface area contributed by atoms with Gasteiger partial charge in [-0.05, 0) is 6.92 Å². The van der Waals surface area contributed by atoms with Gasteiger partial charge >= 0.3 is 0 Å². The van der Waals surface area contributed by atoms with Crippen LogP contribution in [0.15, 0.2) is 40.1 Å². The number of hydrogen-bond donors (Lipinski definition) is 1. The summed E-state index contributed by atoms with van der Waals surface area (Å²) in [6, 6.07) is 10.3. The van der Waals surface area contributed by atoms with Crippen molar-refractivity contribution >= 4 is 11.3 Å². The summed E-state index contributed by atoms with van der Waals surface area (Å²) in [5.74, 6) is 1.18. The van der Waals surface area contributed by atoms with Crippen molar-refractivity contribution in [2.24, 2.45) is 0 Å². The zero-order valence-electron chi connectivity index (χ0n) is 11.9. The average Bonchev–Trinajstić information content (AvgIpc) is 3.15. The molecule has 0 radical (unpaired) electrons. The maximum Gasteiger partial charge on any atom is 0.230 e. The first-order valence-corrected chi connectivity index (χ1v) is 7.63. The fourth-order valence-electron chi connectivity index (χ4n) is 1.96. The van der Waals surface area contributed by atoms with Crippen molar-refractivity contribution in [3.8, 4) is 11.3 Å². The van der Waals surface area contributed by atoms with E-state index in [0.29, 0.717) is 18.3 Å². The van der Waals surface area contributed by atoms with Crippen molar-refractivity contribution in [3.05, 3.63) is 52.5 Å². The van der Waals surface area contributed by atoms with Gasteiger partial charge < -0.3 is 4.42 Å². The Morgan fingerprint density at radius 1 is 1.24 bits per heavy atom. The first kappa shape index (κ1) is 13.9. The lowest BCUT2D eigenvalue weighted by Gasteiger charge is -2.08. The van der Waals surface area contributed by atoms with Crippen LogP contribution in [-0.4, -0.2) is 15.2 Å². The highest BCUT2D eigenvalue weighted by atomic mass is 32.1. The van der Waals surface area contributed by atoms with E-state index in [1.165, 1.54) is 0 Å². The minimum atomic E-state index is 0.139. The van der Waals surface area contributed by atoms with Crippen molar-refractivity contribution in [3.63, 3.8) is 0 Å². The molecule has 2 aromatic heterocycles. The molecule has 0 fully saturated rings. The number of nitrogens with zero attached hydrogens (tertiary/aromatic N) is 3. The van der Waals surface area contributed by atoms with Crippen LogP contribution in [0, 0.1) is 6.92 Å². The normalized spacial score (nSPS) is 12.5. The predicted molar refractivity (Wildman–Crippen MR) is 81.8 cm³/mol. The van der Waals surface area contributed by atoms with Crippen LogP contribution in [0.25, 0.3) is 11.3 Å². The SMILES string of the molecule is Cc1nnc(CN[C@H](C)c2nc(-c3ccccc3)cs2)o1. The van der Waals surface area contributed by atoms with Gasteiger partial charge in [-0.25, -0.2) is 4.98 Å². The number of nitrogens with one attached hydrogen (secondary N) is 1. The molecule has 0 aliphatic carbocycles. The van der Waals surface area contributed by atoms with Gasteiger partial charge in [0.25, 0.3) is 0 Å². The Bertz CT molecular complexity index is 707. The Hall–Kier alpha value is -2.05. The Balaban J connectivity index is 1.65. The smallest absolute Gasteiger partial charge is 0.230 e. The van der Waals surface area contributed by atoms with Crippen molar-refractivity contribution < 1.29 is 4.42 Å². The molecule has 0 saturated heterocycles. The van der Waals surface area contributed by atoms with E-state index in [1.54, 1.807) is 18.3 Å². The number of aryl methyl sites for hydroxylation is 1. The Morgan fingerprint density at radius 2 is 2.05 bits per heavy atom. The van der Waals surface area contributed by atoms with Gasteiger partial charge in [-0.1, -0.05) is 30.3 Å². The molecule has 108 valence electrons. The van der Waals surface area contributed by atoms with Crippen molar-refractivity contribution in [2.45, 2.75) is 26.4 Å². The molecule has 3 rings (SSSR count). The van der Waals surface area contributed by atoms with Crippen LogP contribution < -0.4 is 5.32 Å². The van der Waals surface area contributed by atoms with E-state index in [2.05, 4.69) is 44.9 Å². The molecule has 1 N–H and O–H groups in total. The summed E-state index contributed by atoms with van der Waals surface area (Å²) in [5.41, 5.74) is 2.15. The third-order valence-electron chi connectivity index (χ3n) is 3.09. The highest BCUT2D eigenvalue weighted by Crippen LogP contribution is 2.25. The molecule has 5 nitrogen and oxygen atoms in total. The summed E-state index contributed by atoms with van der Waals surface area (Å²) in [7, 11) is 0. The number of aromatic nitrogens is 3. The lowest BCUT2D eigenvalue weighted by Crippen LogP contribution is -2.18. The van der Waals surface area contributed by atoms with Gasteiger partial charge in [0.1, 0.15) is 5.01 Å². The maximum absolute atomic E-state index is 5.34. The van der Waals surface area contributed by atoms with Gasteiger partial charge in [-0.15, -0.1) is 21.5 Å². The summed E-state index contributed by atoms with van der Waals surface area (Å²) >= 11 is 1.65. The fraction of sp³-hybridized carbons (Fsp3) is 0.267. The van der Waals surface area contributed by atoms with E-state index in [1.807, 2.05) is 18.2 Å². The van der Waals surface area contributed by atoms with E-state index in [9.17, 15) is 0 Å². The third-order valence-corrected chi connectivity index (χ3v) is 4.12. The maximum atomic E-state index is 5.34. The van der Waals surface area contributed by atoms with E-state index < -0.39 is 0 Å². The monoisotopic (exact) mass is 300 g/mol. The lowest BCUT2D eigenvalue weighted by molar-refractivity contribution is 0.430. The summed E-state index contributed by atoms with van der Waals surface area (Å²) < 4.78 is 5.34. The predicted octanol–water partition coefficient (Wildman–Crippen LogP) is 3.35. The largest absolute Gasteiger partial charge is 0.424 e. The van der Waals surface area contributed by atoms with Gasteiger partial charge in [0, 0.05) is 17.9 Å². The van der Waals surface area contributed by atoms with Crippen molar-refractivity contribution in [1.82, 2.24) is 20.5 Å². The highest BCUT2D eigenvalue weighted by molar-refractivity contribution is 7.10. The standard InChI is InChI=1S/C15H16N4OS/c1-10(16-8-14-19-18-11(2)20-14)15-17-13(9-21-15)12-6-4-3-5-7-12/h3-7,9-10,16H,8H2,1-2H3/t10-/m1/s1. The fourth-order valence-corrected chi connectivity index (χ4v) is 2.82. The van der Waals surface area contributed by atoms with Gasteiger partial charge in [0.15, 0.2) is 0 Å². The van der Waals surface area contributed by atoms with E-state index >= 15 is 0 Å². The molecule has 21 heavy (non-hydrogen) atoms. The van der Waals surface area contributed by atoms with Gasteiger partial charge in [0.05, 0.1) is 18.3 Å². The first-order valence-electron chi connectivity index (χ1n) is 6.75. The molecule has 0 aliphatic heterocycles. The third kappa shape index (κ3) is 3.34. The topological polar surface area (TPSA) is 63.8 Å². The Labute approximate surface area is 127 Å². The zero-order valence-corrected chi connectivity index (χ0v) is 12.7. The molecular formula is C15H16N4OS. The lowest BCUT2D eigenvalue weighted by atomic mass is 10.2. The number of hydrogen-bond acceptors (Lipinski definition) is 6. The summed E-state index contributed by atoms with van der Waals surface area (Å²) in [4.78, 5) is 4.69. The molecule has 1 aromatic carbocycles. The van der Waals surface area contributed by atoms with Gasteiger partial charge in [-0.2, -0.15) is 0 Å². The Morgan fingerprint density at radius 3 is 2.76 bits per heavy atom. The molecule has 3 aromatic rings. The summed E-state index contributed by atoms with van der Waals surface area (Å²) in [5, 5.41) is 14.3. The average molecular weight is 300 g/mol. The molecule has 0 unspecified atom stereocenters. The van der Waals surface area contributed by atoms with Crippen molar-refractivity contribution in [1.29, 1.82) is 0 Å². The van der Waals surface area contributed by atoms with Crippen molar-refractivity contribution in [2.75, 3.05) is 0 Å². The quantitative estimate of drug-likeness (QED) is 0.783. The second-order valence-electron chi connectivity index (χ2n) is 4.75. The minimum Gasteiger partial charge on any atom is -0.424 e. The van der Waals surface area contributed by atoms with Crippen LogP contribution in [0.1, 0.15) is 29.8 Å². The molecule has 0 spiro atoms. The molecular weight excluding hydrogens is 284 g/mol. The summed E-state index contributed by atoms with van der Waals surface area (Å²) in [6.07, 6.45) is 0. The molecule has 0 amide bonds. The molecule has 2 heterocycles. The molecule has 0 saturated carbocycles.